The van der Waals surface area contributed by atoms with Gasteiger partial charge in [0.25, 0.3) is 5.91 Å². The molecule has 2 aromatic carbocycles. The summed E-state index contributed by atoms with van der Waals surface area (Å²) in [5.41, 5.74) is 12.3. The van der Waals surface area contributed by atoms with Gasteiger partial charge in [-0.05, 0) is 31.2 Å². The number of benzene rings is 2. The lowest BCUT2D eigenvalue weighted by Crippen LogP contribution is -2.41. The highest BCUT2D eigenvalue weighted by molar-refractivity contribution is 5.98. The number of hydrogen-bond acceptors (Lipinski definition) is 6. The number of nitrogens with one attached hydrogen (secondary N) is 3. The molecule has 2 rings (SSSR count). The lowest BCUT2D eigenvalue weighted by Gasteiger charge is -2.19. The Bertz CT molecular complexity index is 927. The van der Waals surface area contributed by atoms with Crippen molar-refractivity contribution < 1.29 is 19.1 Å². The highest BCUT2D eigenvalue weighted by Crippen LogP contribution is 2.14. The summed E-state index contributed by atoms with van der Waals surface area (Å²) in [7, 11) is 0. The lowest BCUT2D eigenvalue weighted by atomic mass is 10.1. The zero-order chi connectivity index (χ0) is 22.1. The monoisotopic (exact) mass is 411 g/mol. The van der Waals surface area contributed by atoms with Crippen LogP contribution in [0.4, 0.5) is 0 Å². The minimum atomic E-state index is -0.648. The Hall–Kier alpha value is -3.88. The van der Waals surface area contributed by atoms with E-state index in [1.807, 2.05) is 0 Å². The number of nitrogens with two attached hydrogens (primary N) is 2. The molecule has 0 heterocycles. The van der Waals surface area contributed by atoms with Crippen LogP contribution in [0.3, 0.4) is 0 Å². The molecule has 0 saturated heterocycles. The molecule has 0 bridgehead atoms. The summed E-state index contributed by atoms with van der Waals surface area (Å²) in [6.07, 6.45) is -0.0719. The van der Waals surface area contributed by atoms with E-state index in [1.165, 1.54) is 0 Å². The summed E-state index contributed by atoms with van der Waals surface area (Å²) in [6, 6.07) is 12.3. The Morgan fingerprint density at radius 3 is 2.23 bits per heavy atom. The number of rotatable bonds is 10. The highest BCUT2D eigenvalue weighted by atomic mass is 16.5. The first-order valence-corrected chi connectivity index (χ1v) is 9.28. The van der Waals surface area contributed by atoms with Crippen LogP contribution in [0, 0.1) is 10.8 Å². The summed E-state index contributed by atoms with van der Waals surface area (Å²) in [6.45, 7) is 1.94. The van der Waals surface area contributed by atoms with E-state index in [0.29, 0.717) is 22.4 Å². The molecule has 0 aromatic heterocycles. The smallest absolute Gasteiger partial charge is 0.307 e. The average molecular weight is 411 g/mol. The Balaban J connectivity index is 2.09. The number of esters is 1. The van der Waals surface area contributed by atoms with Gasteiger partial charge in [-0.3, -0.25) is 20.4 Å². The van der Waals surface area contributed by atoms with Crippen molar-refractivity contribution in [3.05, 3.63) is 65.2 Å². The third kappa shape index (κ3) is 6.62. The fourth-order valence-corrected chi connectivity index (χ4v) is 2.59. The average Bonchev–Trinajstić information content (AvgIpc) is 2.72. The number of hydrogen-bond donors (Lipinski definition) is 5. The molecule has 2 aromatic rings. The molecule has 0 unspecified atom stereocenters. The van der Waals surface area contributed by atoms with Crippen molar-refractivity contribution in [1.82, 2.24) is 5.32 Å². The SMILES string of the molecule is CCOC(=O)C[C@@H](COc1cccc(C(=N)N)c1)NC(=O)c1ccc(C(=N)N)cc1. The first-order valence-electron chi connectivity index (χ1n) is 9.28. The molecule has 9 nitrogen and oxygen atoms in total. The Morgan fingerprint density at radius 1 is 1.00 bits per heavy atom. The Labute approximate surface area is 174 Å². The number of ether oxygens (including phenoxy) is 2. The van der Waals surface area contributed by atoms with Crippen LogP contribution in [-0.4, -0.2) is 42.8 Å². The van der Waals surface area contributed by atoms with Gasteiger partial charge in [0.2, 0.25) is 0 Å². The second-order valence-corrected chi connectivity index (χ2v) is 6.42. The molecule has 0 spiro atoms. The summed E-state index contributed by atoms with van der Waals surface area (Å²) in [5.74, 6) is -0.595. The number of carbonyl (C=O) groups excluding carboxylic acids is 2. The predicted molar refractivity (Wildman–Crippen MR) is 113 cm³/mol. The van der Waals surface area contributed by atoms with Crippen LogP contribution >= 0.6 is 0 Å². The summed E-state index contributed by atoms with van der Waals surface area (Å²) in [5, 5.41) is 17.7. The van der Waals surface area contributed by atoms with E-state index >= 15 is 0 Å². The zero-order valence-electron chi connectivity index (χ0n) is 16.6. The minimum Gasteiger partial charge on any atom is -0.491 e. The summed E-state index contributed by atoms with van der Waals surface area (Å²) < 4.78 is 10.7. The fourth-order valence-electron chi connectivity index (χ4n) is 2.59. The first-order chi connectivity index (χ1) is 14.3. The molecule has 0 radical (unpaired) electrons. The van der Waals surface area contributed by atoms with Crippen LogP contribution < -0.4 is 21.5 Å². The number of carbonyl (C=O) groups is 2. The molecule has 0 aliphatic heterocycles. The van der Waals surface area contributed by atoms with Crippen molar-refractivity contribution in [1.29, 1.82) is 10.8 Å². The zero-order valence-corrected chi connectivity index (χ0v) is 16.6. The van der Waals surface area contributed by atoms with Gasteiger partial charge in [-0.15, -0.1) is 0 Å². The van der Waals surface area contributed by atoms with Crippen LogP contribution in [0.25, 0.3) is 0 Å². The predicted octanol–water partition coefficient (Wildman–Crippen LogP) is 1.39. The van der Waals surface area contributed by atoms with Gasteiger partial charge in [-0.2, -0.15) is 0 Å². The van der Waals surface area contributed by atoms with E-state index < -0.39 is 17.9 Å². The van der Waals surface area contributed by atoms with Crippen LogP contribution in [0.1, 0.15) is 34.8 Å². The third-order valence-corrected chi connectivity index (χ3v) is 4.11. The van der Waals surface area contributed by atoms with Gasteiger partial charge in [-0.25, -0.2) is 0 Å². The molecule has 1 amide bonds. The van der Waals surface area contributed by atoms with E-state index in [0.717, 1.165) is 0 Å². The van der Waals surface area contributed by atoms with Gasteiger partial charge >= 0.3 is 5.97 Å². The number of amides is 1. The molecule has 9 heteroatoms. The maximum absolute atomic E-state index is 12.6. The fraction of sp³-hybridized carbons (Fsp3) is 0.238. The van der Waals surface area contributed by atoms with Crippen LogP contribution in [0.5, 0.6) is 5.75 Å². The number of nitrogen functional groups attached to an aromatic ring is 2. The third-order valence-electron chi connectivity index (χ3n) is 4.11. The number of amidine groups is 2. The molecule has 1 atom stereocenters. The quantitative estimate of drug-likeness (QED) is 0.225. The van der Waals surface area contributed by atoms with Crippen molar-refractivity contribution in [2.45, 2.75) is 19.4 Å². The first kappa shape index (κ1) is 22.4. The van der Waals surface area contributed by atoms with Crippen molar-refractivity contribution in [2.75, 3.05) is 13.2 Å². The van der Waals surface area contributed by atoms with Gasteiger partial charge in [0.05, 0.1) is 19.1 Å². The molecular weight excluding hydrogens is 386 g/mol. The minimum absolute atomic E-state index is 0.0114. The molecule has 30 heavy (non-hydrogen) atoms. The topological polar surface area (TPSA) is 164 Å². The van der Waals surface area contributed by atoms with E-state index in [4.69, 9.17) is 31.8 Å². The highest BCUT2D eigenvalue weighted by Gasteiger charge is 2.19. The van der Waals surface area contributed by atoms with Crippen LogP contribution in [0.2, 0.25) is 0 Å². The van der Waals surface area contributed by atoms with Crippen molar-refractivity contribution in [3.63, 3.8) is 0 Å². The Morgan fingerprint density at radius 2 is 1.63 bits per heavy atom. The van der Waals surface area contributed by atoms with E-state index in [2.05, 4.69) is 5.32 Å². The molecule has 158 valence electrons. The van der Waals surface area contributed by atoms with E-state index in [9.17, 15) is 9.59 Å². The molecule has 0 fully saturated rings. The van der Waals surface area contributed by atoms with Crippen molar-refractivity contribution in [3.8, 4) is 5.75 Å². The van der Waals surface area contributed by atoms with Crippen LogP contribution in [-0.2, 0) is 9.53 Å². The molecular formula is C21H25N5O4. The normalized spacial score (nSPS) is 11.2. The molecule has 0 saturated carbocycles. The second-order valence-electron chi connectivity index (χ2n) is 6.42. The van der Waals surface area contributed by atoms with Crippen molar-refractivity contribution in [2.24, 2.45) is 11.5 Å². The molecule has 7 N–H and O–H groups in total. The van der Waals surface area contributed by atoms with E-state index in [-0.39, 0.29) is 31.3 Å². The molecule has 0 aliphatic carbocycles. The van der Waals surface area contributed by atoms with Gasteiger partial charge in [0, 0.05) is 16.7 Å². The standard InChI is InChI=1S/C21H25N5O4/c1-2-29-18(27)11-16(12-30-17-5-3-4-15(10-17)20(24)25)26-21(28)14-8-6-13(7-9-14)19(22)23/h3-10,16H,2,11-12H2,1H3,(H3,22,23)(H3,24,25)(H,26,28)/t16-/m0/s1. The van der Waals surface area contributed by atoms with Crippen LogP contribution in [0.15, 0.2) is 48.5 Å². The van der Waals surface area contributed by atoms with Gasteiger partial charge in [0.1, 0.15) is 24.0 Å². The second kappa shape index (κ2) is 10.6. The van der Waals surface area contributed by atoms with Crippen molar-refractivity contribution >= 4 is 23.5 Å². The summed E-state index contributed by atoms with van der Waals surface area (Å²) in [4.78, 5) is 24.5. The Kier molecular flexibility index (Phi) is 7.92. The summed E-state index contributed by atoms with van der Waals surface area (Å²) >= 11 is 0. The molecule has 0 aliphatic rings. The maximum Gasteiger partial charge on any atom is 0.307 e. The maximum atomic E-state index is 12.6. The van der Waals surface area contributed by atoms with Gasteiger partial charge in [0.15, 0.2) is 0 Å². The largest absolute Gasteiger partial charge is 0.491 e. The van der Waals surface area contributed by atoms with E-state index in [1.54, 1.807) is 55.5 Å². The lowest BCUT2D eigenvalue weighted by molar-refractivity contribution is -0.143. The van der Waals surface area contributed by atoms with Gasteiger partial charge in [-0.1, -0.05) is 24.3 Å². The van der Waals surface area contributed by atoms with Gasteiger partial charge < -0.3 is 26.3 Å².